The zero-order valence-electron chi connectivity index (χ0n) is 2.98. The number of hydrogen-bond acceptors (Lipinski definition) is 6. The van der Waals surface area contributed by atoms with E-state index in [1.807, 2.05) is 0 Å². The molecule has 0 saturated carbocycles. The van der Waals surface area contributed by atoms with Crippen molar-refractivity contribution >= 4 is 0 Å². The van der Waals surface area contributed by atoms with Crippen LogP contribution in [-0.2, 0) is 16.9 Å². The van der Waals surface area contributed by atoms with Gasteiger partial charge < -0.3 is 0 Å². The molecule has 0 atom stereocenters. The van der Waals surface area contributed by atoms with Gasteiger partial charge in [-0.15, -0.1) is 0 Å². The van der Waals surface area contributed by atoms with E-state index in [4.69, 9.17) is 21.7 Å². The Balaban J connectivity index is 4.43. The third kappa shape index (κ3) is 526. The standard InChI is InChI=1S/Au.6H2O/h;6*1H2/q+6;;;;;;/p-6. The van der Waals surface area contributed by atoms with E-state index < -0.39 is 16.9 Å². The van der Waals surface area contributed by atoms with Crippen molar-refractivity contribution in [2.24, 2.45) is 0 Å². The van der Waals surface area contributed by atoms with Crippen LogP contribution in [0.3, 0.4) is 0 Å². The minimum atomic E-state index is -8.07. The number of rotatable bonds is 0. The molecular formula is H6AuO6. The van der Waals surface area contributed by atoms with Gasteiger partial charge in [-0.25, -0.2) is 0 Å². The van der Waals surface area contributed by atoms with Gasteiger partial charge in [0, 0.05) is 0 Å². The van der Waals surface area contributed by atoms with Crippen molar-refractivity contribution in [3.63, 3.8) is 0 Å². The predicted octanol–water partition coefficient (Wildman–Crippen LogP) is -3.34. The second-order valence-electron chi connectivity index (χ2n) is 0.905. The predicted molar refractivity (Wildman–Crippen MR) is 13.3 cm³/mol. The Morgan fingerprint density at radius 2 is 0.571 bits per heavy atom. The Labute approximate surface area is 39.2 Å². The molecule has 53 valence electrons. The van der Waals surface area contributed by atoms with Crippen molar-refractivity contribution in [1.29, 1.82) is 0 Å². The number of hydrogen-bond donors (Lipinski definition) is 6. The molecule has 0 heterocycles. The van der Waals surface area contributed by atoms with Crippen LogP contribution in [0.4, 0.5) is 0 Å². The molecule has 0 amide bonds. The van der Waals surface area contributed by atoms with Crippen LogP contribution in [-0.4, -0.2) is 21.7 Å². The van der Waals surface area contributed by atoms with Gasteiger partial charge in [-0.2, -0.15) is 0 Å². The molecule has 0 fully saturated rings. The molecular weight excluding hydrogens is 293 g/mol. The summed E-state index contributed by atoms with van der Waals surface area (Å²) in [4.78, 5) is 0. The van der Waals surface area contributed by atoms with Crippen molar-refractivity contribution < 1.29 is 38.6 Å². The summed E-state index contributed by atoms with van der Waals surface area (Å²) in [5, 5.41) is 0. The third-order valence-corrected chi connectivity index (χ3v) is 0. The summed E-state index contributed by atoms with van der Waals surface area (Å²) in [6.07, 6.45) is 0. The molecule has 0 aromatic heterocycles. The second kappa shape index (κ2) is 0.819. The Hall–Kier alpha value is 0.500. The van der Waals surface area contributed by atoms with E-state index in [9.17, 15) is 0 Å². The summed E-state index contributed by atoms with van der Waals surface area (Å²) >= 11 is -8.07. The average Bonchev–Trinajstić information content (AvgIpc) is 0.592. The molecule has 0 spiro atoms. The fourth-order valence-electron chi connectivity index (χ4n) is 0. The second-order valence-corrected chi connectivity index (χ2v) is 7.40. The first-order chi connectivity index (χ1) is 2.45. The van der Waals surface area contributed by atoms with Crippen LogP contribution in [0.5, 0.6) is 0 Å². The molecule has 6 nitrogen and oxygen atoms in total. The van der Waals surface area contributed by atoms with Crippen LogP contribution in [0, 0.1) is 0 Å². The van der Waals surface area contributed by atoms with E-state index in [0.717, 1.165) is 0 Å². The van der Waals surface area contributed by atoms with Crippen molar-refractivity contribution in [3.8, 4) is 0 Å². The van der Waals surface area contributed by atoms with Gasteiger partial charge in [0.1, 0.15) is 0 Å². The fourth-order valence-corrected chi connectivity index (χ4v) is 0. The van der Waals surface area contributed by atoms with Crippen LogP contribution in [0.15, 0.2) is 0 Å². The van der Waals surface area contributed by atoms with Crippen molar-refractivity contribution in [2.45, 2.75) is 0 Å². The zero-order valence-corrected chi connectivity index (χ0v) is 5.15. The van der Waals surface area contributed by atoms with Crippen LogP contribution in [0.2, 0.25) is 0 Å². The normalized spacial score (nSPS) is 23.1. The van der Waals surface area contributed by atoms with E-state index in [1.165, 1.54) is 0 Å². The third-order valence-electron chi connectivity index (χ3n) is 0. The zero-order chi connectivity index (χ0) is 6.41. The average molecular weight is 299 g/mol. The van der Waals surface area contributed by atoms with E-state index in [1.54, 1.807) is 0 Å². The molecule has 0 bridgehead atoms. The van der Waals surface area contributed by atoms with Gasteiger partial charge >= 0.3 is 38.6 Å². The molecule has 0 aliphatic carbocycles. The quantitative estimate of drug-likeness (QED) is 0.260. The molecule has 0 aliphatic rings. The molecule has 6 N–H and O–H groups in total. The maximum absolute atomic E-state index is 8.07. The molecule has 0 aliphatic heterocycles. The summed E-state index contributed by atoms with van der Waals surface area (Å²) in [5.41, 5.74) is 0. The monoisotopic (exact) mass is 299 g/mol. The van der Waals surface area contributed by atoms with Gasteiger partial charge in [0.05, 0.1) is 0 Å². The van der Waals surface area contributed by atoms with Crippen molar-refractivity contribution in [2.75, 3.05) is 0 Å². The first-order valence-electron chi connectivity index (χ1n) is 0.809. The van der Waals surface area contributed by atoms with Crippen molar-refractivity contribution in [3.05, 3.63) is 0 Å². The summed E-state index contributed by atoms with van der Waals surface area (Å²) in [6, 6.07) is 0. The summed E-state index contributed by atoms with van der Waals surface area (Å²) in [5.74, 6) is 0. The Morgan fingerprint density at radius 3 is 0.571 bits per heavy atom. The molecule has 7 heavy (non-hydrogen) atoms. The van der Waals surface area contributed by atoms with Crippen LogP contribution in [0.1, 0.15) is 0 Å². The van der Waals surface area contributed by atoms with Crippen molar-refractivity contribution in [1.82, 2.24) is 0 Å². The molecule has 0 aromatic rings. The SMILES string of the molecule is [OH][Au]([OH])([OH])([OH])([OH])[OH]. The van der Waals surface area contributed by atoms with E-state index in [2.05, 4.69) is 0 Å². The summed E-state index contributed by atoms with van der Waals surface area (Å²) < 4.78 is 44.4. The van der Waals surface area contributed by atoms with Crippen LogP contribution < -0.4 is 0 Å². The van der Waals surface area contributed by atoms with E-state index in [0.29, 0.717) is 0 Å². The summed E-state index contributed by atoms with van der Waals surface area (Å²) in [7, 11) is 0. The van der Waals surface area contributed by atoms with E-state index in [-0.39, 0.29) is 0 Å². The minimum absolute atomic E-state index is 7.41. The molecule has 0 saturated heterocycles. The van der Waals surface area contributed by atoms with Gasteiger partial charge in [-0.3, -0.25) is 0 Å². The molecule has 0 aromatic carbocycles. The van der Waals surface area contributed by atoms with Gasteiger partial charge in [0.25, 0.3) is 0 Å². The van der Waals surface area contributed by atoms with Gasteiger partial charge in [-0.1, -0.05) is 0 Å². The Morgan fingerprint density at radius 1 is 0.571 bits per heavy atom. The Kier molecular flexibility index (Phi) is 0.877. The Bertz CT molecular complexity index is 62.7. The molecule has 0 rings (SSSR count). The summed E-state index contributed by atoms with van der Waals surface area (Å²) in [6.45, 7) is 0. The topological polar surface area (TPSA) is 121 Å². The maximum atomic E-state index is 7.41. The van der Waals surface area contributed by atoms with Crippen LogP contribution >= 0.6 is 0 Å². The molecule has 7 heteroatoms. The van der Waals surface area contributed by atoms with Crippen LogP contribution in [0.25, 0.3) is 0 Å². The fraction of sp³-hybridized carbons (Fsp3) is 0. The van der Waals surface area contributed by atoms with E-state index >= 15 is 0 Å². The van der Waals surface area contributed by atoms with Gasteiger partial charge in [-0.05, 0) is 0 Å². The first kappa shape index (κ1) is 7.50. The first-order valence-corrected chi connectivity index (χ1v) is 6.62. The van der Waals surface area contributed by atoms with Gasteiger partial charge in [0.2, 0.25) is 0 Å². The van der Waals surface area contributed by atoms with Gasteiger partial charge in [0.15, 0.2) is 0 Å². The molecule has 0 unspecified atom stereocenters. The molecule has 0 radical (unpaired) electrons.